The van der Waals surface area contributed by atoms with Crippen molar-refractivity contribution in [2.75, 3.05) is 13.1 Å². The minimum absolute atomic E-state index is 0.747. The highest BCUT2D eigenvalue weighted by molar-refractivity contribution is 8.00. The summed E-state index contributed by atoms with van der Waals surface area (Å²) in [5.74, 6) is 5.71. The van der Waals surface area contributed by atoms with Crippen LogP contribution in [-0.4, -0.2) is 23.3 Å². The van der Waals surface area contributed by atoms with Crippen molar-refractivity contribution in [3.8, 4) is 0 Å². The average molecular weight is 208 g/mol. The minimum Gasteiger partial charge on any atom is -0.269 e. The monoisotopic (exact) mass is 208 g/mol. The Morgan fingerprint density at radius 2 is 1.79 bits per heavy atom. The van der Waals surface area contributed by atoms with E-state index in [0.717, 1.165) is 18.3 Å². The highest BCUT2D eigenvalue weighted by Gasteiger charge is 2.17. The molecule has 1 heterocycles. The van der Waals surface area contributed by atoms with Crippen molar-refractivity contribution in [2.45, 2.75) is 23.0 Å². The van der Waals surface area contributed by atoms with Gasteiger partial charge in [-0.05, 0) is 25.0 Å². The molecule has 1 aliphatic heterocycles. The number of benzene rings is 1. The van der Waals surface area contributed by atoms with Gasteiger partial charge >= 0.3 is 0 Å². The van der Waals surface area contributed by atoms with Crippen LogP contribution in [0.1, 0.15) is 12.8 Å². The standard InChI is InChI=1S/C11H16N2S/c12-13-8-6-11(7-9-13)14-10-4-2-1-3-5-10/h1-5,11H,6-9,12H2. The molecule has 2 rings (SSSR count). The maximum absolute atomic E-state index is 5.71. The zero-order chi connectivity index (χ0) is 9.80. The molecular formula is C11H16N2S. The van der Waals surface area contributed by atoms with E-state index in [0.29, 0.717) is 0 Å². The summed E-state index contributed by atoms with van der Waals surface area (Å²) in [6.07, 6.45) is 2.41. The van der Waals surface area contributed by atoms with Crippen LogP contribution in [0.25, 0.3) is 0 Å². The Morgan fingerprint density at radius 1 is 1.14 bits per heavy atom. The van der Waals surface area contributed by atoms with Gasteiger partial charge in [-0.2, -0.15) is 0 Å². The smallest absolute Gasteiger partial charge is 0.0139 e. The minimum atomic E-state index is 0.747. The number of nitrogens with zero attached hydrogens (tertiary/aromatic N) is 1. The van der Waals surface area contributed by atoms with E-state index < -0.39 is 0 Å². The quantitative estimate of drug-likeness (QED) is 0.755. The van der Waals surface area contributed by atoms with Crippen LogP contribution in [0, 0.1) is 0 Å². The molecule has 0 aliphatic carbocycles. The Hall–Kier alpha value is -0.510. The van der Waals surface area contributed by atoms with Gasteiger partial charge in [0.05, 0.1) is 0 Å². The van der Waals surface area contributed by atoms with Crippen molar-refractivity contribution in [2.24, 2.45) is 5.84 Å². The van der Waals surface area contributed by atoms with E-state index in [2.05, 4.69) is 30.3 Å². The van der Waals surface area contributed by atoms with Gasteiger partial charge in [-0.15, -0.1) is 11.8 Å². The summed E-state index contributed by atoms with van der Waals surface area (Å²) in [7, 11) is 0. The second kappa shape index (κ2) is 4.82. The molecule has 1 aromatic rings. The molecule has 1 aromatic carbocycles. The van der Waals surface area contributed by atoms with Gasteiger partial charge < -0.3 is 0 Å². The lowest BCUT2D eigenvalue weighted by Crippen LogP contribution is -2.39. The molecule has 3 heteroatoms. The van der Waals surface area contributed by atoms with Gasteiger partial charge in [0.2, 0.25) is 0 Å². The van der Waals surface area contributed by atoms with Crippen molar-refractivity contribution >= 4 is 11.8 Å². The van der Waals surface area contributed by atoms with Gasteiger partial charge in [0.15, 0.2) is 0 Å². The molecule has 0 unspecified atom stereocenters. The summed E-state index contributed by atoms with van der Waals surface area (Å²) in [5, 5.41) is 2.67. The largest absolute Gasteiger partial charge is 0.269 e. The van der Waals surface area contributed by atoms with Gasteiger partial charge in [-0.25, -0.2) is 5.01 Å². The number of hydrazine groups is 1. The van der Waals surface area contributed by atoms with Crippen LogP contribution >= 0.6 is 11.8 Å². The zero-order valence-corrected chi connectivity index (χ0v) is 9.04. The van der Waals surface area contributed by atoms with Gasteiger partial charge in [-0.3, -0.25) is 5.84 Å². The Bertz CT molecular complexity index is 268. The number of thioether (sulfide) groups is 1. The van der Waals surface area contributed by atoms with Gasteiger partial charge in [0, 0.05) is 23.2 Å². The molecule has 2 N–H and O–H groups in total. The molecule has 76 valence electrons. The summed E-state index contributed by atoms with van der Waals surface area (Å²) >= 11 is 1.98. The maximum Gasteiger partial charge on any atom is 0.0139 e. The first-order valence-electron chi connectivity index (χ1n) is 5.06. The first kappa shape index (κ1) is 10.0. The molecule has 0 radical (unpaired) electrons. The third kappa shape index (κ3) is 2.74. The molecule has 0 spiro atoms. The maximum atomic E-state index is 5.71. The van der Waals surface area contributed by atoms with E-state index >= 15 is 0 Å². The fraction of sp³-hybridized carbons (Fsp3) is 0.455. The number of nitrogens with two attached hydrogens (primary N) is 1. The normalized spacial score (nSPS) is 19.8. The highest BCUT2D eigenvalue weighted by atomic mass is 32.2. The second-order valence-corrected chi connectivity index (χ2v) is 5.04. The lowest BCUT2D eigenvalue weighted by Gasteiger charge is -2.27. The SMILES string of the molecule is NN1CCC(Sc2ccccc2)CC1. The van der Waals surface area contributed by atoms with Crippen LogP contribution in [0.2, 0.25) is 0 Å². The predicted octanol–water partition coefficient (Wildman–Crippen LogP) is 2.12. The van der Waals surface area contributed by atoms with Crippen molar-refractivity contribution in [3.63, 3.8) is 0 Å². The van der Waals surface area contributed by atoms with Crippen molar-refractivity contribution in [3.05, 3.63) is 30.3 Å². The second-order valence-electron chi connectivity index (χ2n) is 3.67. The van der Waals surface area contributed by atoms with Crippen molar-refractivity contribution < 1.29 is 0 Å². The topological polar surface area (TPSA) is 29.3 Å². The van der Waals surface area contributed by atoms with Crippen LogP contribution in [0.5, 0.6) is 0 Å². The third-order valence-corrected chi connectivity index (χ3v) is 3.87. The average Bonchev–Trinajstić information content (AvgIpc) is 2.23. The van der Waals surface area contributed by atoms with E-state index in [1.54, 1.807) is 0 Å². The molecule has 0 bridgehead atoms. The van der Waals surface area contributed by atoms with Crippen LogP contribution < -0.4 is 5.84 Å². The van der Waals surface area contributed by atoms with Gasteiger partial charge in [0.1, 0.15) is 0 Å². The van der Waals surface area contributed by atoms with Crippen LogP contribution in [0.4, 0.5) is 0 Å². The van der Waals surface area contributed by atoms with Gasteiger partial charge in [0.25, 0.3) is 0 Å². The fourth-order valence-corrected chi connectivity index (χ4v) is 2.83. The number of hydrogen-bond acceptors (Lipinski definition) is 3. The Kier molecular flexibility index (Phi) is 3.45. The van der Waals surface area contributed by atoms with Crippen LogP contribution in [0.3, 0.4) is 0 Å². The Balaban J connectivity index is 1.87. The lowest BCUT2D eigenvalue weighted by atomic mass is 10.1. The first-order valence-corrected chi connectivity index (χ1v) is 5.94. The van der Waals surface area contributed by atoms with Crippen LogP contribution in [-0.2, 0) is 0 Å². The van der Waals surface area contributed by atoms with E-state index in [4.69, 9.17) is 5.84 Å². The molecular weight excluding hydrogens is 192 g/mol. The molecule has 0 saturated carbocycles. The van der Waals surface area contributed by atoms with E-state index in [1.165, 1.54) is 17.7 Å². The molecule has 14 heavy (non-hydrogen) atoms. The van der Waals surface area contributed by atoms with Crippen molar-refractivity contribution in [1.82, 2.24) is 5.01 Å². The fourth-order valence-electron chi connectivity index (χ4n) is 1.69. The van der Waals surface area contributed by atoms with E-state index in [1.807, 2.05) is 16.8 Å². The van der Waals surface area contributed by atoms with E-state index in [-0.39, 0.29) is 0 Å². The summed E-state index contributed by atoms with van der Waals surface area (Å²) in [6, 6.07) is 10.6. The molecule has 0 amide bonds. The van der Waals surface area contributed by atoms with E-state index in [9.17, 15) is 0 Å². The molecule has 2 nitrogen and oxygen atoms in total. The highest BCUT2D eigenvalue weighted by Crippen LogP contribution is 2.29. The number of hydrogen-bond donors (Lipinski definition) is 1. The zero-order valence-electron chi connectivity index (χ0n) is 8.23. The summed E-state index contributed by atoms with van der Waals surface area (Å²) < 4.78 is 0. The molecule has 1 aliphatic rings. The number of piperidine rings is 1. The molecule has 1 saturated heterocycles. The summed E-state index contributed by atoms with van der Waals surface area (Å²) in [5.41, 5.74) is 0. The summed E-state index contributed by atoms with van der Waals surface area (Å²) in [4.78, 5) is 1.38. The Morgan fingerprint density at radius 3 is 2.43 bits per heavy atom. The summed E-state index contributed by atoms with van der Waals surface area (Å²) in [6.45, 7) is 2.06. The Labute approximate surface area is 89.4 Å². The lowest BCUT2D eigenvalue weighted by molar-refractivity contribution is 0.239. The molecule has 0 atom stereocenters. The molecule has 0 aromatic heterocycles. The van der Waals surface area contributed by atoms with Crippen LogP contribution in [0.15, 0.2) is 35.2 Å². The van der Waals surface area contributed by atoms with Crippen molar-refractivity contribution in [1.29, 1.82) is 0 Å². The first-order chi connectivity index (χ1) is 6.84. The molecule has 1 fully saturated rings. The van der Waals surface area contributed by atoms with Gasteiger partial charge in [-0.1, -0.05) is 18.2 Å². The predicted molar refractivity (Wildman–Crippen MR) is 61.1 cm³/mol. The number of rotatable bonds is 2. The third-order valence-electron chi connectivity index (χ3n) is 2.52.